The number of piperidine rings is 1. The third-order valence-electron chi connectivity index (χ3n) is 5.05. The van der Waals surface area contributed by atoms with Gasteiger partial charge in [-0.3, -0.25) is 4.79 Å². The molecule has 2 rings (SSSR count). The van der Waals surface area contributed by atoms with Crippen LogP contribution in [0.5, 0.6) is 0 Å². The summed E-state index contributed by atoms with van der Waals surface area (Å²) in [6.45, 7) is 12.0. The average Bonchev–Trinajstić information content (AvgIpc) is 3.27. The second kappa shape index (κ2) is 7.10. The molecule has 0 radical (unpaired) electrons. The van der Waals surface area contributed by atoms with Crippen molar-refractivity contribution in [3.05, 3.63) is 0 Å². The van der Waals surface area contributed by atoms with Crippen molar-refractivity contribution >= 4 is 12.0 Å². The number of alkyl carbamates (subject to hydrolysis) is 1. The van der Waals surface area contributed by atoms with Crippen molar-refractivity contribution in [3.8, 4) is 0 Å². The quantitative estimate of drug-likeness (QED) is 0.864. The van der Waals surface area contributed by atoms with Gasteiger partial charge in [0.1, 0.15) is 5.60 Å². The smallest absolute Gasteiger partial charge is 0.407 e. The fourth-order valence-corrected chi connectivity index (χ4v) is 3.23. The second-order valence-corrected chi connectivity index (χ2v) is 8.32. The second-order valence-electron chi connectivity index (χ2n) is 8.32. The van der Waals surface area contributed by atoms with E-state index in [1.807, 2.05) is 25.7 Å². The molecule has 3 atom stereocenters. The molecule has 2 fully saturated rings. The van der Waals surface area contributed by atoms with Gasteiger partial charge in [-0.2, -0.15) is 0 Å². The van der Waals surface area contributed by atoms with Gasteiger partial charge in [0.15, 0.2) is 0 Å². The van der Waals surface area contributed by atoms with Crippen LogP contribution in [-0.4, -0.2) is 42.1 Å². The summed E-state index contributed by atoms with van der Waals surface area (Å²) in [7, 11) is 0. The standard InChI is InChI=1S/C18H32N2O3/c1-12-8-9-20(16(21)13(2)14-6-7-14)11-15(12)10-19-17(22)23-18(3,4)5/h12-15H,6-11H2,1-5H3,(H,19,22)/t12-,13+,15-/m1/s1. The highest BCUT2D eigenvalue weighted by atomic mass is 16.6. The molecule has 0 aromatic rings. The molecule has 0 aromatic carbocycles. The fourth-order valence-electron chi connectivity index (χ4n) is 3.23. The number of carbonyl (C=O) groups is 2. The van der Waals surface area contributed by atoms with E-state index in [0.29, 0.717) is 30.2 Å². The van der Waals surface area contributed by atoms with Gasteiger partial charge in [0, 0.05) is 25.6 Å². The van der Waals surface area contributed by atoms with E-state index < -0.39 is 5.60 Å². The van der Waals surface area contributed by atoms with Gasteiger partial charge < -0.3 is 15.0 Å². The van der Waals surface area contributed by atoms with E-state index in [1.54, 1.807) is 0 Å². The average molecular weight is 324 g/mol. The zero-order valence-electron chi connectivity index (χ0n) is 15.2. The molecule has 0 unspecified atom stereocenters. The van der Waals surface area contributed by atoms with Crippen molar-refractivity contribution in [2.24, 2.45) is 23.7 Å². The number of ether oxygens (including phenoxy) is 1. The highest BCUT2D eigenvalue weighted by molar-refractivity contribution is 5.79. The normalized spacial score (nSPS) is 26.6. The molecule has 2 aliphatic rings. The van der Waals surface area contributed by atoms with E-state index in [0.717, 1.165) is 19.5 Å². The number of likely N-dealkylation sites (tertiary alicyclic amines) is 1. The number of hydrogen-bond donors (Lipinski definition) is 1. The first kappa shape index (κ1) is 18.1. The molecule has 5 heteroatoms. The van der Waals surface area contributed by atoms with E-state index in [2.05, 4.69) is 19.2 Å². The molecule has 5 nitrogen and oxygen atoms in total. The highest BCUT2D eigenvalue weighted by Gasteiger charge is 2.37. The lowest BCUT2D eigenvalue weighted by Crippen LogP contribution is -2.49. The van der Waals surface area contributed by atoms with Crippen molar-refractivity contribution in [3.63, 3.8) is 0 Å². The van der Waals surface area contributed by atoms with E-state index in [-0.39, 0.29) is 12.0 Å². The fraction of sp³-hybridized carbons (Fsp3) is 0.889. The van der Waals surface area contributed by atoms with E-state index in [1.165, 1.54) is 12.8 Å². The summed E-state index contributed by atoms with van der Waals surface area (Å²) in [6, 6.07) is 0. The highest BCUT2D eigenvalue weighted by Crippen LogP contribution is 2.38. The molecule has 1 N–H and O–H groups in total. The summed E-state index contributed by atoms with van der Waals surface area (Å²) in [5.74, 6) is 1.85. The van der Waals surface area contributed by atoms with Gasteiger partial charge in [-0.05, 0) is 57.8 Å². The summed E-state index contributed by atoms with van der Waals surface area (Å²) in [6.07, 6.45) is 3.02. The largest absolute Gasteiger partial charge is 0.444 e. The van der Waals surface area contributed by atoms with Gasteiger partial charge in [-0.1, -0.05) is 13.8 Å². The molecule has 1 saturated heterocycles. The molecule has 0 spiro atoms. The molecule has 0 aromatic heterocycles. The first-order valence-electron chi connectivity index (χ1n) is 8.93. The third kappa shape index (κ3) is 5.40. The molecule has 1 aliphatic heterocycles. The minimum Gasteiger partial charge on any atom is -0.444 e. The minimum absolute atomic E-state index is 0.155. The number of nitrogens with zero attached hydrogens (tertiary/aromatic N) is 1. The van der Waals surface area contributed by atoms with Crippen LogP contribution >= 0.6 is 0 Å². The van der Waals surface area contributed by atoms with Gasteiger partial charge in [-0.15, -0.1) is 0 Å². The summed E-state index contributed by atoms with van der Waals surface area (Å²) in [5, 5.41) is 2.86. The Morgan fingerprint density at radius 2 is 1.91 bits per heavy atom. The molecule has 1 saturated carbocycles. The molecule has 1 heterocycles. The maximum atomic E-state index is 12.6. The Labute approximate surface area is 140 Å². The van der Waals surface area contributed by atoms with E-state index in [4.69, 9.17) is 4.74 Å². The molecule has 0 bridgehead atoms. The Kier molecular flexibility index (Phi) is 5.58. The number of nitrogens with one attached hydrogen (secondary N) is 1. The minimum atomic E-state index is -0.482. The lowest BCUT2D eigenvalue weighted by Gasteiger charge is -2.38. The van der Waals surface area contributed by atoms with Crippen LogP contribution in [0, 0.1) is 23.7 Å². The van der Waals surface area contributed by atoms with Gasteiger partial charge >= 0.3 is 6.09 Å². The lowest BCUT2D eigenvalue weighted by molar-refractivity contribution is -0.138. The van der Waals surface area contributed by atoms with Crippen LogP contribution in [-0.2, 0) is 9.53 Å². The van der Waals surface area contributed by atoms with Crippen molar-refractivity contribution in [2.75, 3.05) is 19.6 Å². The zero-order chi connectivity index (χ0) is 17.2. The van der Waals surface area contributed by atoms with E-state index in [9.17, 15) is 9.59 Å². The Bertz CT molecular complexity index is 440. The first-order chi connectivity index (χ1) is 10.7. The third-order valence-corrected chi connectivity index (χ3v) is 5.05. The van der Waals surface area contributed by atoms with Gasteiger partial charge in [0.25, 0.3) is 0 Å². The summed E-state index contributed by atoms with van der Waals surface area (Å²) in [4.78, 5) is 26.4. The number of hydrogen-bond acceptors (Lipinski definition) is 3. The van der Waals surface area contributed by atoms with Gasteiger partial charge in [0.05, 0.1) is 0 Å². The van der Waals surface area contributed by atoms with Crippen molar-refractivity contribution < 1.29 is 14.3 Å². The predicted octanol–water partition coefficient (Wildman–Crippen LogP) is 3.04. The summed E-state index contributed by atoms with van der Waals surface area (Å²) < 4.78 is 5.29. The number of amides is 2. The van der Waals surface area contributed by atoms with Gasteiger partial charge in [-0.25, -0.2) is 4.79 Å². The zero-order valence-corrected chi connectivity index (χ0v) is 15.2. The van der Waals surface area contributed by atoms with Crippen LogP contribution in [0.25, 0.3) is 0 Å². The monoisotopic (exact) mass is 324 g/mol. The van der Waals surface area contributed by atoms with Crippen LogP contribution in [0.4, 0.5) is 4.79 Å². The van der Waals surface area contributed by atoms with Crippen LogP contribution in [0.1, 0.15) is 53.9 Å². The van der Waals surface area contributed by atoms with Crippen LogP contribution in [0.15, 0.2) is 0 Å². The summed E-state index contributed by atoms with van der Waals surface area (Å²) >= 11 is 0. The van der Waals surface area contributed by atoms with Crippen LogP contribution in [0.2, 0.25) is 0 Å². The summed E-state index contributed by atoms with van der Waals surface area (Å²) in [5.41, 5.74) is -0.482. The van der Waals surface area contributed by atoms with Crippen molar-refractivity contribution in [1.29, 1.82) is 0 Å². The molecule has 132 valence electrons. The number of carbonyl (C=O) groups excluding carboxylic acids is 2. The van der Waals surface area contributed by atoms with Crippen LogP contribution in [0.3, 0.4) is 0 Å². The first-order valence-corrected chi connectivity index (χ1v) is 8.93. The number of rotatable bonds is 4. The molecule has 1 aliphatic carbocycles. The maximum Gasteiger partial charge on any atom is 0.407 e. The Morgan fingerprint density at radius 3 is 2.48 bits per heavy atom. The SMILES string of the molecule is C[C@H](C(=O)N1CC[C@@H](C)[C@H](CNC(=O)OC(C)(C)C)C1)C1CC1. The van der Waals surface area contributed by atoms with Crippen molar-refractivity contribution in [2.45, 2.75) is 59.5 Å². The molecule has 23 heavy (non-hydrogen) atoms. The predicted molar refractivity (Wildman–Crippen MR) is 90.0 cm³/mol. The van der Waals surface area contributed by atoms with Crippen LogP contribution < -0.4 is 5.32 Å². The Morgan fingerprint density at radius 1 is 1.26 bits per heavy atom. The molecular weight excluding hydrogens is 292 g/mol. The topological polar surface area (TPSA) is 58.6 Å². The lowest BCUT2D eigenvalue weighted by atomic mass is 9.86. The maximum absolute atomic E-state index is 12.6. The molecule has 2 amide bonds. The van der Waals surface area contributed by atoms with Gasteiger partial charge in [0.2, 0.25) is 5.91 Å². The van der Waals surface area contributed by atoms with E-state index >= 15 is 0 Å². The van der Waals surface area contributed by atoms with Crippen molar-refractivity contribution in [1.82, 2.24) is 10.2 Å². The Hall–Kier alpha value is -1.26. The molecular formula is C18H32N2O3. The Balaban J connectivity index is 1.83.